The minimum absolute atomic E-state index is 0.215. The molecule has 0 unspecified atom stereocenters. The monoisotopic (exact) mass is 556 g/mol. The Morgan fingerprint density at radius 3 is 2.15 bits per heavy atom. The number of hydrogen-bond acceptors (Lipinski definition) is 5. The highest BCUT2D eigenvalue weighted by molar-refractivity contribution is 14.1. The summed E-state index contributed by atoms with van der Waals surface area (Å²) < 4.78 is 18.8. The quantitative estimate of drug-likeness (QED) is 0.292. The van der Waals surface area contributed by atoms with Gasteiger partial charge in [0.2, 0.25) is 22.5 Å². The number of ether oxygens (including phenoxy) is 1. The van der Waals surface area contributed by atoms with Gasteiger partial charge >= 0.3 is 6.01 Å². The molecule has 0 fully saturated rings. The van der Waals surface area contributed by atoms with Gasteiger partial charge in [0.25, 0.3) is 0 Å². The molecule has 27 heavy (non-hydrogen) atoms. The lowest BCUT2D eigenvalue weighted by molar-refractivity contribution is 0.297. The normalized spacial score (nSPS) is 12.0. The molecule has 1 heterocycles. The summed E-state index contributed by atoms with van der Waals surface area (Å²) in [5.41, 5.74) is 0.693. The summed E-state index contributed by atoms with van der Waals surface area (Å²) in [6.45, 7) is 12.8. The molecule has 2 aromatic rings. The van der Waals surface area contributed by atoms with Crippen molar-refractivity contribution in [1.82, 2.24) is 9.97 Å². The first-order valence-corrected chi connectivity index (χ1v) is 17.0. The van der Waals surface area contributed by atoms with Crippen molar-refractivity contribution in [2.75, 3.05) is 0 Å². The van der Waals surface area contributed by atoms with Gasteiger partial charge in [-0.25, -0.2) is 0 Å². The number of hydrogen-bond donors (Lipinski definition) is 0. The first-order valence-electron chi connectivity index (χ1n) is 8.36. The van der Waals surface area contributed by atoms with Crippen molar-refractivity contribution >= 4 is 62.4 Å². The van der Waals surface area contributed by atoms with Crippen LogP contribution in [0.4, 0.5) is 0 Å². The lowest BCUT2D eigenvalue weighted by Gasteiger charge is -2.23. The molecule has 0 aliphatic heterocycles. The second kappa shape index (κ2) is 8.85. The number of aromatic nitrogens is 2. The van der Waals surface area contributed by atoms with Crippen molar-refractivity contribution < 1.29 is 13.6 Å². The summed E-state index contributed by atoms with van der Waals surface area (Å²) in [5.74, 6) is 1.08. The molecule has 0 spiro atoms. The topological polar surface area (TPSA) is 53.5 Å². The van der Waals surface area contributed by atoms with Crippen molar-refractivity contribution in [3.05, 3.63) is 37.5 Å². The van der Waals surface area contributed by atoms with E-state index >= 15 is 0 Å². The van der Waals surface area contributed by atoms with Gasteiger partial charge in [-0.15, -0.1) is 0 Å². The van der Waals surface area contributed by atoms with Gasteiger partial charge in [0, 0.05) is 5.02 Å². The Morgan fingerprint density at radius 1 is 0.963 bits per heavy atom. The van der Waals surface area contributed by atoms with Gasteiger partial charge in [-0.05, 0) is 80.1 Å². The van der Waals surface area contributed by atoms with Crippen LogP contribution in [0.1, 0.15) is 5.69 Å². The highest BCUT2D eigenvalue weighted by atomic mass is 127. The molecule has 1 aromatic carbocycles. The zero-order chi connectivity index (χ0) is 20.4. The van der Waals surface area contributed by atoms with Gasteiger partial charge in [-0.3, -0.25) is 0 Å². The minimum atomic E-state index is -1.87. The molecule has 0 atom stereocenters. The van der Waals surface area contributed by atoms with Crippen LogP contribution in [-0.2, 0) is 6.61 Å². The lowest BCUT2D eigenvalue weighted by atomic mass is 10.3. The third-order valence-electron chi connectivity index (χ3n) is 2.93. The van der Waals surface area contributed by atoms with Crippen LogP contribution in [0.2, 0.25) is 49.3 Å². The van der Waals surface area contributed by atoms with Gasteiger partial charge in [0.05, 0.1) is 8.59 Å². The van der Waals surface area contributed by atoms with E-state index in [1.807, 2.05) is 0 Å². The molecule has 0 bridgehead atoms. The van der Waals surface area contributed by atoms with Crippen LogP contribution in [0, 0.1) is 3.57 Å². The number of benzene rings is 1. The maximum Gasteiger partial charge on any atom is 0.306 e. The van der Waals surface area contributed by atoms with E-state index in [1.54, 1.807) is 18.2 Å². The Hall–Kier alpha value is -0.556. The minimum Gasteiger partial charge on any atom is -0.531 e. The molecule has 5 nitrogen and oxygen atoms in total. The fraction of sp³-hybridized carbons (Fsp3) is 0.412. The molecule has 0 aliphatic carbocycles. The molecule has 2 rings (SSSR count). The predicted octanol–water partition coefficient (Wildman–Crippen LogP) is 6.39. The van der Waals surface area contributed by atoms with Crippen molar-refractivity contribution in [1.29, 1.82) is 0 Å². The smallest absolute Gasteiger partial charge is 0.306 e. The number of halogens is 3. The van der Waals surface area contributed by atoms with Crippen LogP contribution in [0.5, 0.6) is 17.6 Å². The second-order valence-electron chi connectivity index (χ2n) is 7.86. The van der Waals surface area contributed by atoms with Crippen molar-refractivity contribution in [2.24, 2.45) is 0 Å². The highest BCUT2D eigenvalue weighted by Crippen LogP contribution is 2.31. The Morgan fingerprint density at radius 2 is 1.59 bits per heavy atom. The third-order valence-corrected chi connectivity index (χ3v) is 6.14. The van der Waals surface area contributed by atoms with Gasteiger partial charge < -0.3 is 13.6 Å². The molecule has 0 N–H and O–H groups in total. The molecule has 10 heteroatoms. The Bertz CT molecular complexity index is 827. The van der Waals surface area contributed by atoms with Crippen LogP contribution >= 0.6 is 45.8 Å². The van der Waals surface area contributed by atoms with Crippen LogP contribution < -0.4 is 13.6 Å². The van der Waals surface area contributed by atoms with E-state index in [9.17, 15) is 0 Å². The van der Waals surface area contributed by atoms with Gasteiger partial charge in [-0.2, -0.15) is 9.97 Å². The van der Waals surface area contributed by atoms with Gasteiger partial charge in [0.1, 0.15) is 18.1 Å². The van der Waals surface area contributed by atoms with Crippen molar-refractivity contribution in [2.45, 2.75) is 45.9 Å². The van der Waals surface area contributed by atoms with Crippen molar-refractivity contribution in [3.63, 3.8) is 0 Å². The van der Waals surface area contributed by atoms with Gasteiger partial charge in [-0.1, -0.05) is 23.2 Å². The summed E-state index contributed by atoms with van der Waals surface area (Å²) in [6.07, 6.45) is 0. The van der Waals surface area contributed by atoms with Crippen LogP contribution in [0.3, 0.4) is 0 Å². The first kappa shape index (κ1) is 22.7. The van der Waals surface area contributed by atoms with E-state index in [1.165, 1.54) is 0 Å². The maximum absolute atomic E-state index is 6.19. The van der Waals surface area contributed by atoms with Gasteiger partial charge in [0.15, 0.2) is 0 Å². The molecule has 0 saturated heterocycles. The summed E-state index contributed by atoms with van der Waals surface area (Å²) in [7, 11) is -3.72. The Balaban J connectivity index is 2.34. The molecule has 0 radical (unpaired) electrons. The fourth-order valence-electron chi connectivity index (χ4n) is 1.96. The van der Waals surface area contributed by atoms with Crippen molar-refractivity contribution in [3.8, 4) is 17.6 Å². The molecule has 0 aliphatic rings. The van der Waals surface area contributed by atoms with Crippen LogP contribution in [0.25, 0.3) is 0 Å². The van der Waals surface area contributed by atoms with E-state index in [2.05, 4.69) is 71.8 Å². The fourth-order valence-corrected chi connectivity index (χ4v) is 4.50. The molecule has 1 aromatic heterocycles. The van der Waals surface area contributed by atoms with Crippen LogP contribution in [0.15, 0.2) is 18.2 Å². The molecule has 148 valence electrons. The van der Waals surface area contributed by atoms with E-state index in [-0.39, 0.29) is 6.61 Å². The third kappa shape index (κ3) is 7.41. The maximum atomic E-state index is 6.19. The van der Waals surface area contributed by atoms with E-state index in [0.29, 0.717) is 33.4 Å². The highest BCUT2D eigenvalue weighted by Gasteiger charge is 2.25. The summed E-state index contributed by atoms with van der Waals surface area (Å²) in [4.78, 5) is 9.04. The average molecular weight is 557 g/mol. The Kier molecular flexibility index (Phi) is 7.45. The zero-order valence-electron chi connectivity index (χ0n) is 16.2. The largest absolute Gasteiger partial charge is 0.531 e. The zero-order valence-corrected chi connectivity index (χ0v) is 21.9. The van der Waals surface area contributed by atoms with E-state index < -0.39 is 16.6 Å². The number of rotatable bonds is 7. The molecule has 0 amide bonds. The lowest BCUT2D eigenvalue weighted by Crippen LogP contribution is -2.32. The Labute approximate surface area is 186 Å². The summed E-state index contributed by atoms with van der Waals surface area (Å²) in [5, 5.41) is 1.00. The van der Waals surface area contributed by atoms with Crippen LogP contribution in [-0.4, -0.2) is 26.6 Å². The average Bonchev–Trinajstić information content (AvgIpc) is 2.47. The predicted molar refractivity (Wildman–Crippen MR) is 123 cm³/mol. The molecule has 0 saturated carbocycles. The number of nitrogens with zero attached hydrogens (tertiary/aromatic N) is 2. The molecular formula is C17H23Cl2IN2O3Si2. The first-order chi connectivity index (χ1) is 12.3. The second-order valence-corrected chi connectivity index (χ2v) is 18.6. The summed E-state index contributed by atoms with van der Waals surface area (Å²) >= 11 is 14.3. The molecular weight excluding hydrogens is 534 g/mol. The van der Waals surface area contributed by atoms with E-state index in [0.717, 1.165) is 3.57 Å². The summed E-state index contributed by atoms with van der Waals surface area (Å²) in [6, 6.07) is 5.43. The standard InChI is InChI=1S/C17H23Cl2IN2O3Si2/c1-26(2,3)24-16-15(20)13(21-17(22-16)25-27(4,5)6)10-23-14-8-7-11(18)9-12(14)19/h7-9H,10H2,1-6H3. The SMILES string of the molecule is C[Si](C)(C)Oc1nc(COc2ccc(Cl)cc2Cl)c(I)c(O[Si](C)(C)C)n1. The van der Waals surface area contributed by atoms with E-state index in [4.69, 9.17) is 36.8 Å².